The molecule has 0 unspecified atom stereocenters. The van der Waals surface area contributed by atoms with Crippen LogP contribution in [0.2, 0.25) is 0 Å². The summed E-state index contributed by atoms with van der Waals surface area (Å²) < 4.78 is 1.15. The fraction of sp³-hybridized carbons (Fsp3) is 0.926. The first kappa shape index (κ1) is 29.9. The molecule has 0 saturated carbocycles. The van der Waals surface area contributed by atoms with Gasteiger partial charge in [-0.1, -0.05) is 111 Å². The summed E-state index contributed by atoms with van der Waals surface area (Å²) in [7, 11) is 0. The van der Waals surface area contributed by atoms with E-state index in [0.29, 0.717) is 0 Å². The number of quaternary nitrogens is 1. The number of hydrogen-bond donors (Lipinski definition) is 0. The Balaban J connectivity index is 0. The van der Waals surface area contributed by atoms with Crippen LogP contribution in [0.3, 0.4) is 0 Å². The van der Waals surface area contributed by atoms with Crippen molar-refractivity contribution in [3.8, 4) is 0 Å². The van der Waals surface area contributed by atoms with E-state index in [0.717, 1.165) is 4.48 Å². The van der Waals surface area contributed by atoms with Gasteiger partial charge in [0.05, 0.1) is 25.8 Å². The Labute approximate surface area is 181 Å². The van der Waals surface area contributed by atoms with Gasteiger partial charge in [-0.3, -0.25) is 4.48 Å². The second kappa shape index (κ2) is 24.7. The third-order valence-electron chi connectivity index (χ3n) is 6.04. The number of hydrogen-bond acceptors (Lipinski definition) is 0. The van der Waals surface area contributed by atoms with Crippen molar-refractivity contribution in [3.63, 3.8) is 0 Å². The van der Waals surface area contributed by atoms with Crippen molar-refractivity contribution in [1.29, 1.82) is 0 Å². The Morgan fingerprint density at radius 3 is 1.11 bits per heavy atom. The number of rotatable bonds is 19. The molecule has 170 valence electrons. The minimum absolute atomic E-state index is 1.15. The molecule has 0 aliphatic heterocycles. The molecule has 0 heterocycles. The second-order valence-electron chi connectivity index (χ2n) is 8.64. The van der Waals surface area contributed by atoms with Crippen LogP contribution in [-0.2, 0) is 0 Å². The lowest BCUT2D eigenvalue weighted by Gasteiger charge is -2.31. The number of unbranched alkanes of at least 4 members (excludes halogenated alkanes) is 14. The first-order valence-electron chi connectivity index (χ1n) is 13.2. The lowest BCUT2D eigenvalue weighted by atomic mass is 10.0. The van der Waals surface area contributed by atoms with Gasteiger partial charge in [-0.05, 0) is 39.7 Å². The highest BCUT2D eigenvalue weighted by Gasteiger charge is 2.15. The molecule has 0 N–H and O–H groups in total. The third kappa shape index (κ3) is 20.4. The van der Waals surface area contributed by atoms with Gasteiger partial charge in [0.1, 0.15) is 0 Å². The van der Waals surface area contributed by atoms with Crippen LogP contribution in [0.5, 0.6) is 0 Å². The number of allylic oxidation sites excluding steroid dienone is 1. The number of nitrogens with zero attached hydrogens (tertiary/aromatic N) is 1. The Bertz CT molecular complexity index is 282. The molecule has 0 fully saturated rings. The van der Waals surface area contributed by atoms with Gasteiger partial charge in [0.25, 0.3) is 0 Å². The maximum Gasteiger partial charge on any atom is 0.0917 e. The summed E-state index contributed by atoms with van der Waals surface area (Å²) in [4.78, 5) is 0. The van der Waals surface area contributed by atoms with Crippen molar-refractivity contribution in [1.82, 2.24) is 0 Å². The molecule has 0 aromatic heterocycles. The summed E-state index contributed by atoms with van der Waals surface area (Å²) >= 11 is 0. The molecule has 28 heavy (non-hydrogen) atoms. The van der Waals surface area contributed by atoms with Crippen molar-refractivity contribution in [2.45, 2.75) is 144 Å². The normalized spacial score (nSPS) is 11.6. The molecular formula is C27H58N+. The average Bonchev–Trinajstić information content (AvgIpc) is 2.71. The Morgan fingerprint density at radius 2 is 0.786 bits per heavy atom. The van der Waals surface area contributed by atoms with E-state index >= 15 is 0 Å². The van der Waals surface area contributed by atoms with Gasteiger partial charge < -0.3 is 0 Å². The molecule has 0 amide bonds. The molecule has 0 radical (unpaired) electrons. The highest BCUT2D eigenvalue weighted by molar-refractivity contribution is 4.74. The van der Waals surface area contributed by atoms with Crippen molar-refractivity contribution in [2.75, 3.05) is 19.6 Å². The van der Waals surface area contributed by atoms with Crippen LogP contribution in [0.15, 0.2) is 12.3 Å². The fourth-order valence-corrected chi connectivity index (χ4v) is 3.74. The predicted octanol–water partition coefficient (Wildman–Crippen LogP) is 9.66. The highest BCUT2D eigenvalue weighted by atomic mass is 15.3. The van der Waals surface area contributed by atoms with E-state index in [9.17, 15) is 0 Å². The van der Waals surface area contributed by atoms with E-state index < -0.39 is 0 Å². The molecular weight excluding hydrogens is 338 g/mol. The van der Waals surface area contributed by atoms with Gasteiger partial charge >= 0.3 is 0 Å². The van der Waals surface area contributed by atoms with Crippen molar-refractivity contribution < 1.29 is 4.48 Å². The quantitative estimate of drug-likeness (QED) is 0.150. The molecule has 0 bridgehead atoms. The summed E-state index contributed by atoms with van der Waals surface area (Å²) in [6, 6.07) is 0. The lowest BCUT2D eigenvalue weighted by Crippen LogP contribution is -2.41. The molecule has 0 rings (SSSR count). The molecule has 1 heteroatoms. The van der Waals surface area contributed by atoms with E-state index in [-0.39, 0.29) is 0 Å². The summed E-state index contributed by atoms with van der Waals surface area (Å²) in [6.45, 7) is 17.1. The van der Waals surface area contributed by atoms with Gasteiger partial charge in [-0.15, -0.1) is 0 Å². The standard InChI is InChI=1S/C24H50N.C3H8/c1-5-9-10-11-12-13-14-15-16-17-18-19-20-21-22-23-24-25(6-2,7-3)8-4;1-3-2/h23-24H,5-22H2,1-4H3;3H2,1-2H3/q+1;. The topological polar surface area (TPSA) is 0 Å². The summed E-state index contributed by atoms with van der Waals surface area (Å²) in [5, 5.41) is 0. The summed E-state index contributed by atoms with van der Waals surface area (Å²) in [5.41, 5.74) is 0. The van der Waals surface area contributed by atoms with Gasteiger partial charge in [0, 0.05) is 0 Å². The zero-order valence-electron chi connectivity index (χ0n) is 21.0. The van der Waals surface area contributed by atoms with Crippen molar-refractivity contribution in [2.24, 2.45) is 0 Å². The molecule has 0 aromatic carbocycles. The van der Waals surface area contributed by atoms with E-state index in [1.165, 1.54) is 122 Å². The van der Waals surface area contributed by atoms with E-state index in [2.05, 4.69) is 53.8 Å². The highest BCUT2D eigenvalue weighted by Crippen LogP contribution is 2.14. The molecule has 1 nitrogen and oxygen atoms in total. The maximum absolute atomic E-state index is 2.46. The largest absolute Gasteiger partial charge is 0.298 e. The van der Waals surface area contributed by atoms with E-state index in [1.807, 2.05) is 0 Å². The molecule has 0 aliphatic carbocycles. The van der Waals surface area contributed by atoms with Crippen LogP contribution >= 0.6 is 0 Å². The third-order valence-corrected chi connectivity index (χ3v) is 6.04. The van der Waals surface area contributed by atoms with Gasteiger partial charge in [-0.25, -0.2) is 0 Å². The summed E-state index contributed by atoms with van der Waals surface area (Å²) in [6.07, 6.45) is 27.7. The van der Waals surface area contributed by atoms with Crippen molar-refractivity contribution >= 4 is 0 Å². The maximum atomic E-state index is 2.46. The zero-order valence-corrected chi connectivity index (χ0v) is 21.0. The predicted molar refractivity (Wildman–Crippen MR) is 132 cm³/mol. The molecule has 0 atom stereocenters. The van der Waals surface area contributed by atoms with Crippen LogP contribution in [-0.4, -0.2) is 24.1 Å². The fourth-order valence-electron chi connectivity index (χ4n) is 3.74. The van der Waals surface area contributed by atoms with Crippen LogP contribution in [0.1, 0.15) is 144 Å². The Hall–Kier alpha value is -0.300. The second-order valence-corrected chi connectivity index (χ2v) is 8.64. The summed E-state index contributed by atoms with van der Waals surface area (Å²) in [5.74, 6) is 0. The van der Waals surface area contributed by atoms with E-state index in [1.54, 1.807) is 0 Å². The first-order valence-corrected chi connectivity index (χ1v) is 13.2. The lowest BCUT2D eigenvalue weighted by molar-refractivity contribution is -0.874. The molecule has 0 aliphatic rings. The monoisotopic (exact) mass is 396 g/mol. The Kier molecular flexibility index (Phi) is 26.4. The molecule has 0 aromatic rings. The van der Waals surface area contributed by atoms with Crippen molar-refractivity contribution in [3.05, 3.63) is 12.3 Å². The van der Waals surface area contributed by atoms with Crippen LogP contribution in [0.25, 0.3) is 0 Å². The first-order chi connectivity index (χ1) is 13.7. The SMILES string of the molecule is CCC.CCCCCCCCCCCCCCCCC=C[N+](CC)(CC)CC. The Morgan fingerprint density at radius 1 is 0.464 bits per heavy atom. The van der Waals surface area contributed by atoms with E-state index in [4.69, 9.17) is 0 Å². The van der Waals surface area contributed by atoms with Gasteiger partial charge in [0.15, 0.2) is 0 Å². The van der Waals surface area contributed by atoms with Crippen LogP contribution in [0.4, 0.5) is 0 Å². The zero-order chi connectivity index (χ0) is 21.3. The van der Waals surface area contributed by atoms with Crippen LogP contribution < -0.4 is 0 Å². The van der Waals surface area contributed by atoms with Gasteiger partial charge in [-0.2, -0.15) is 0 Å². The average molecular weight is 397 g/mol. The molecule has 0 spiro atoms. The smallest absolute Gasteiger partial charge is 0.0917 e. The van der Waals surface area contributed by atoms with Gasteiger partial charge in [0.2, 0.25) is 0 Å². The van der Waals surface area contributed by atoms with Crippen LogP contribution in [0, 0.1) is 0 Å². The minimum atomic E-state index is 1.15. The molecule has 0 saturated heterocycles. The minimum Gasteiger partial charge on any atom is -0.298 e.